The molecular weight excluding hydrogens is 208 g/mol. The fraction of sp³-hybridized carbons (Fsp3) is 0.467. The molecule has 92 valence electrons. The second-order valence-electron chi connectivity index (χ2n) is 6.09. The van der Waals surface area contributed by atoms with Crippen molar-refractivity contribution in [3.63, 3.8) is 0 Å². The van der Waals surface area contributed by atoms with Crippen molar-refractivity contribution in [2.24, 2.45) is 11.1 Å². The molecule has 0 bridgehead atoms. The Morgan fingerprint density at radius 1 is 1.24 bits per heavy atom. The van der Waals surface area contributed by atoms with Gasteiger partial charge in [0.2, 0.25) is 0 Å². The Balaban J connectivity index is 2.13. The molecule has 1 aromatic heterocycles. The SMILES string of the molecule is CC(C)(C)C[C@H](N)Cc1c[nH]c2ccccc12. The number of aromatic amines is 1. The van der Waals surface area contributed by atoms with Gasteiger partial charge in [0.15, 0.2) is 0 Å². The van der Waals surface area contributed by atoms with Crippen LogP contribution in [-0.2, 0) is 6.42 Å². The first-order chi connectivity index (χ1) is 7.96. The van der Waals surface area contributed by atoms with Crippen molar-refractivity contribution < 1.29 is 0 Å². The number of fused-ring (bicyclic) bond motifs is 1. The summed E-state index contributed by atoms with van der Waals surface area (Å²) in [5.41, 5.74) is 9.06. The van der Waals surface area contributed by atoms with Gasteiger partial charge in [0, 0.05) is 23.1 Å². The van der Waals surface area contributed by atoms with Crippen LogP contribution in [0.25, 0.3) is 10.9 Å². The van der Waals surface area contributed by atoms with E-state index in [1.165, 1.54) is 16.5 Å². The molecule has 2 nitrogen and oxygen atoms in total. The quantitative estimate of drug-likeness (QED) is 0.833. The van der Waals surface area contributed by atoms with Crippen molar-refractivity contribution >= 4 is 10.9 Å². The molecule has 0 fully saturated rings. The summed E-state index contributed by atoms with van der Waals surface area (Å²) in [4.78, 5) is 3.30. The van der Waals surface area contributed by atoms with Crippen molar-refractivity contribution in [2.75, 3.05) is 0 Å². The third kappa shape index (κ3) is 3.10. The Morgan fingerprint density at radius 2 is 1.94 bits per heavy atom. The normalized spacial score (nSPS) is 14.1. The highest BCUT2D eigenvalue weighted by Crippen LogP contribution is 2.24. The average Bonchev–Trinajstić information content (AvgIpc) is 2.59. The molecule has 0 radical (unpaired) electrons. The van der Waals surface area contributed by atoms with Gasteiger partial charge in [-0.3, -0.25) is 0 Å². The summed E-state index contributed by atoms with van der Waals surface area (Å²) in [7, 11) is 0. The van der Waals surface area contributed by atoms with E-state index in [1.54, 1.807) is 0 Å². The van der Waals surface area contributed by atoms with Gasteiger partial charge in [-0.1, -0.05) is 39.0 Å². The van der Waals surface area contributed by atoms with Crippen molar-refractivity contribution in [2.45, 2.75) is 39.7 Å². The van der Waals surface area contributed by atoms with E-state index in [4.69, 9.17) is 5.73 Å². The maximum absolute atomic E-state index is 6.23. The van der Waals surface area contributed by atoms with Gasteiger partial charge in [-0.2, -0.15) is 0 Å². The van der Waals surface area contributed by atoms with Crippen molar-refractivity contribution in [3.8, 4) is 0 Å². The predicted molar refractivity (Wildman–Crippen MR) is 74.1 cm³/mol. The standard InChI is InChI=1S/C15H22N2/c1-15(2,3)9-12(16)8-11-10-17-14-7-5-4-6-13(11)14/h4-7,10,12,17H,8-9,16H2,1-3H3/t12-/m1/s1. The molecule has 2 rings (SSSR count). The summed E-state index contributed by atoms with van der Waals surface area (Å²) in [6.07, 6.45) is 4.08. The Kier molecular flexibility index (Phi) is 3.25. The number of hydrogen-bond acceptors (Lipinski definition) is 1. The topological polar surface area (TPSA) is 41.8 Å². The first kappa shape index (κ1) is 12.2. The molecule has 1 atom stereocenters. The van der Waals surface area contributed by atoms with Crippen LogP contribution in [0.4, 0.5) is 0 Å². The maximum atomic E-state index is 6.23. The lowest BCUT2D eigenvalue weighted by molar-refractivity contribution is 0.338. The fourth-order valence-corrected chi connectivity index (χ4v) is 2.44. The van der Waals surface area contributed by atoms with Crippen LogP contribution < -0.4 is 5.73 Å². The van der Waals surface area contributed by atoms with Gasteiger partial charge in [0.25, 0.3) is 0 Å². The number of nitrogens with two attached hydrogens (primary N) is 1. The van der Waals surface area contributed by atoms with Crippen LogP contribution >= 0.6 is 0 Å². The molecule has 0 aliphatic heterocycles. The van der Waals surface area contributed by atoms with E-state index in [-0.39, 0.29) is 6.04 Å². The first-order valence-corrected chi connectivity index (χ1v) is 6.26. The van der Waals surface area contributed by atoms with Crippen molar-refractivity contribution in [1.82, 2.24) is 4.98 Å². The number of para-hydroxylation sites is 1. The Morgan fingerprint density at radius 3 is 2.65 bits per heavy atom. The van der Waals surface area contributed by atoms with Crippen LogP contribution in [0.5, 0.6) is 0 Å². The molecule has 0 spiro atoms. The van der Waals surface area contributed by atoms with Gasteiger partial charge in [-0.25, -0.2) is 0 Å². The highest BCUT2D eigenvalue weighted by molar-refractivity contribution is 5.83. The van der Waals surface area contributed by atoms with Gasteiger partial charge in [0.1, 0.15) is 0 Å². The third-order valence-corrected chi connectivity index (χ3v) is 3.03. The number of nitrogens with one attached hydrogen (secondary N) is 1. The lowest BCUT2D eigenvalue weighted by Crippen LogP contribution is -2.28. The van der Waals surface area contributed by atoms with Crippen LogP contribution in [0.1, 0.15) is 32.8 Å². The molecule has 17 heavy (non-hydrogen) atoms. The van der Waals surface area contributed by atoms with Crippen molar-refractivity contribution in [1.29, 1.82) is 0 Å². The molecule has 0 amide bonds. The van der Waals surface area contributed by atoms with Gasteiger partial charge in [-0.05, 0) is 29.9 Å². The number of benzene rings is 1. The summed E-state index contributed by atoms with van der Waals surface area (Å²) in [6.45, 7) is 6.71. The minimum absolute atomic E-state index is 0.231. The van der Waals surface area contributed by atoms with Gasteiger partial charge in [0.05, 0.1) is 0 Å². The highest BCUT2D eigenvalue weighted by atomic mass is 14.7. The zero-order valence-electron chi connectivity index (χ0n) is 11.0. The number of rotatable bonds is 3. The van der Waals surface area contributed by atoms with Gasteiger partial charge < -0.3 is 10.7 Å². The lowest BCUT2D eigenvalue weighted by atomic mass is 9.86. The smallest absolute Gasteiger partial charge is 0.0456 e. The molecule has 0 saturated heterocycles. The number of aromatic nitrogens is 1. The molecule has 0 unspecified atom stereocenters. The molecule has 0 saturated carbocycles. The zero-order chi connectivity index (χ0) is 12.5. The second-order valence-corrected chi connectivity index (χ2v) is 6.09. The molecule has 0 aliphatic rings. The summed E-state index contributed by atoms with van der Waals surface area (Å²) < 4.78 is 0. The molecule has 1 heterocycles. The third-order valence-electron chi connectivity index (χ3n) is 3.03. The summed E-state index contributed by atoms with van der Waals surface area (Å²) in [6, 6.07) is 8.63. The van der Waals surface area contributed by atoms with E-state index in [0.717, 1.165) is 12.8 Å². The van der Waals surface area contributed by atoms with E-state index in [9.17, 15) is 0 Å². The van der Waals surface area contributed by atoms with E-state index in [1.807, 2.05) is 0 Å². The maximum Gasteiger partial charge on any atom is 0.0456 e. The molecule has 3 N–H and O–H groups in total. The average molecular weight is 230 g/mol. The van der Waals surface area contributed by atoms with E-state index in [2.05, 4.69) is 56.2 Å². The molecule has 2 heteroatoms. The van der Waals surface area contributed by atoms with Crippen molar-refractivity contribution in [3.05, 3.63) is 36.0 Å². The Labute approximate surface area is 103 Å². The van der Waals surface area contributed by atoms with Crippen LogP contribution in [0.15, 0.2) is 30.5 Å². The van der Waals surface area contributed by atoms with Crippen LogP contribution in [0.3, 0.4) is 0 Å². The highest BCUT2D eigenvalue weighted by Gasteiger charge is 2.17. The summed E-state index contributed by atoms with van der Waals surface area (Å²) in [5.74, 6) is 0. The van der Waals surface area contributed by atoms with Gasteiger partial charge in [-0.15, -0.1) is 0 Å². The van der Waals surface area contributed by atoms with E-state index >= 15 is 0 Å². The van der Waals surface area contributed by atoms with Crippen LogP contribution in [0, 0.1) is 5.41 Å². The molecular formula is C15H22N2. The van der Waals surface area contributed by atoms with E-state index in [0.29, 0.717) is 5.41 Å². The first-order valence-electron chi connectivity index (χ1n) is 6.26. The second kappa shape index (κ2) is 4.53. The molecule has 2 aromatic rings. The Hall–Kier alpha value is -1.28. The Bertz CT molecular complexity index is 491. The number of hydrogen-bond donors (Lipinski definition) is 2. The predicted octanol–water partition coefficient (Wildman–Crippen LogP) is 3.47. The summed E-state index contributed by atoms with van der Waals surface area (Å²) in [5, 5.41) is 1.30. The molecule has 0 aliphatic carbocycles. The lowest BCUT2D eigenvalue weighted by Gasteiger charge is -2.22. The number of H-pyrrole nitrogens is 1. The minimum Gasteiger partial charge on any atom is -0.361 e. The van der Waals surface area contributed by atoms with E-state index < -0.39 is 0 Å². The van der Waals surface area contributed by atoms with Crippen LogP contribution in [0.2, 0.25) is 0 Å². The largest absolute Gasteiger partial charge is 0.361 e. The molecule has 1 aromatic carbocycles. The van der Waals surface area contributed by atoms with Crippen LogP contribution in [-0.4, -0.2) is 11.0 Å². The zero-order valence-corrected chi connectivity index (χ0v) is 11.0. The monoisotopic (exact) mass is 230 g/mol. The summed E-state index contributed by atoms with van der Waals surface area (Å²) >= 11 is 0. The van der Waals surface area contributed by atoms with Gasteiger partial charge >= 0.3 is 0 Å². The fourth-order valence-electron chi connectivity index (χ4n) is 2.44. The minimum atomic E-state index is 0.231.